The molecule has 6 nitrogen and oxygen atoms in total. The van der Waals surface area contributed by atoms with Gasteiger partial charge in [-0.1, -0.05) is 31.2 Å². The Bertz CT molecular complexity index is 933. The third kappa shape index (κ3) is 4.36. The number of ether oxygens (including phenoxy) is 1. The largest absolute Gasteiger partial charge is 0.454 e. The lowest BCUT2D eigenvalue weighted by molar-refractivity contribution is 0.0475. The average molecular weight is 387 g/mol. The summed E-state index contributed by atoms with van der Waals surface area (Å²) in [4.78, 5) is 24.3. The van der Waals surface area contributed by atoms with Gasteiger partial charge in [0.1, 0.15) is 0 Å². The highest BCUT2D eigenvalue weighted by Gasteiger charge is 2.28. The maximum absolute atomic E-state index is 12.1. The van der Waals surface area contributed by atoms with Crippen LogP contribution in [0.4, 0.5) is 5.69 Å². The van der Waals surface area contributed by atoms with Crippen LogP contribution in [0.5, 0.6) is 0 Å². The predicted molar refractivity (Wildman–Crippen MR) is 103 cm³/mol. The number of carbonyl (C=O) groups excluding carboxylic acids is 2. The van der Waals surface area contributed by atoms with Crippen LogP contribution in [-0.2, 0) is 21.2 Å². The van der Waals surface area contributed by atoms with Crippen molar-refractivity contribution in [3.8, 4) is 0 Å². The molecule has 1 fully saturated rings. The SMILES string of the molecule is CCc1ccc(C(=O)COC(=O)c2ccc(N3CCCS3(=O)=O)cc2)cc1. The highest BCUT2D eigenvalue weighted by atomic mass is 32.2. The molecule has 27 heavy (non-hydrogen) atoms. The number of carbonyl (C=O) groups is 2. The van der Waals surface area contributed by atoms with Crippen LogP contribution in [0.2, 0.25) is 0 Å². The Morgan fingerprint density at radius 3 is 2.19 bits per heavy atom. The lowest BCUT2D eigenvalue weighted by Gasteiger charge is -2.16. The second kappa shape index (κ2) is 7.92. The number of sulfonamides is 1. The van der Waals surface area contributed by atoms with Crippen LogP contribution in [0.3, 0.4) is 0 Å². The number of Topliss-reactive ketones (excluding diaryl/α,β-unsaturated/α-hetero) is 1. The topological polar surface area (TPSA) is 80.8 Å². The fourth-order valence-corrected chi connectivity index (χ4v) is 4.48. The molecule has 1 aliphatic rings. The molecule has 2 aromatic rings. The first-order chi connectivity index (χ1) is 12.9. The molecule has 0 bridgehead atoms. The van der Waals surface area contributed by atoms with Gasteiger partial charge in [0.05, 0.1) is 17.0 Å². The van der Waals surface area contributed by atoms with Gasteiger partial charge in [-0.25, -0.2) is 13.2 Å². The monoisotopic (exact) mass is 387 g/mol. The fraction of sp³-hybridized carbons (Fsp3) is 0.300. The number of esters is 1. The van der Waals surface area contributed by atoms with Gasteiger partial charge in [0.15, 0.2) is 12.4 Å². The van der Waals surface area contributed by atoms with Crippen molar-refractivity contribution in [2.24, 2.45) is 0 Å². The van der Waals surface area contributed by atoms with E-state index in [0.29, 0.717) is 24.2 Å². The molecule has 1 heterocycles. The summed E-state index contributed by atoms with van der Waals surface area (Å²) in [5.41, 5.74) is 2.42. The number of ketones is 1. The number of rotatable bonds is 6. The van der Waals surface area contributed by atoms with Crippen LogP contribution >= 0.6 is 0 Å². The van der Waals surface area contributed by atoms with Crippen LogP contribution in [0.1, 0.15) is 39.6 Å². The van der Waals surface area contributed by atoms with Crippen molar-refractivity contribution in [1.82, 2.24) is 0 Å². The van der Waals surface area contributed by atoms with Crippen molar-refractivity contribution >= 4 is 27.5 Å². The molecule has 0 spiro atoms. The average Bonchev–Trinajstić information content (AvgIpc) is 3.05. The summed E-state index contributed by atoms with van der Waals surface area (Å²) >= 11 is 0. The number of hydrogen-bond acceptors (Lipinski definition) is 5. The van der Waals surface area contributed by atoms with E-state index >= 15 is 0 Å². The molecular weight excluding hydrogens is 366 g/mol. The van der Waals surface area contributed by atoms with Gasteiger partial charge in [0.25, 0.3) is 0 Å². The highest BCUT2D eigenvalue weighted by Crippen LogP contribution is 2.24. The lowest BCUT2D eigenvalue weighted by Crippen LogP contribution is -2.25. The Hall–Kier alpha value is -2.67. The van der Waals surface area contributed by atoms with E-state index in [1.54, 1.807) is 24.3 Å². The maximum Gasteiger partial charge on any atom is 0.338 e. The first-order valence-corrected chi connectivity index (χ1v) is 10.4. The quantitative estimate of drug-likeness (QED) is 0.562. The van der Waals surface area contributed by atoms with Gasteiger partial charge in [-0.2, -0.15) is 0 Å². The van der Waals surface area contributed by atoms with Crippen molar-refractivity contribution in [3.05, 3.63) is 65.2 Å². The number of anilines is 1. The summed E-state index contributed by atoms with van der Waals surface area (Å²) in [5.74, 6) is -0.756. The second-order valence-corrected chi connectivity index (χ2v) is 8.35. The second-order valence-electron chi connectivity index (χ2n) is 6.34. The van der Waals surface area contributed by atoms with E-state index in [1.165, 1.54) is 16.4 Å². The standard InChI is InChI=1S/C20H21NO5S/c1-2-15-4-6-16(7-5-15)19(22)14-26-20(23)17-8-10-18(11-9-17)21-12-3-13-27(21,24)25/h4-11H,2-3,12-14H2,1H3. The van der Waals surface area contributed by atoms with Crippen molar-refractivity contribution < 1.29 is 22.7 Å². The van der Waals surface area contributed by atoms with Gasteiger partial charge in [0, 0.05) is 12.1 Å². The summed E-state index contributed by atoms with van der Waals surface area (Å²) < 4.78 is 30.3. The first kappa shape index (κ1) is 19.1. The van der Waals surface area contributed by atoms with Crippen molar-refractivity contribution in [3.63, 3.8) is 0 Å². The van der Waals surface area contributed by atoms with Crippen LogP contribution in [-0.4, -0.2) is 39.1 Å². The van der Waals surface area contributed by atoms with Gasteiger partial charge in [-0.15, -0.1) is 0 Å². The third-order valence-corrected chi connectivity index (χ3v) is 6.38. The molecule has 0 saturated carbocycles. The number of aryl methyl sites for hydroxylation is 1. The number of hydrogen-bond donors (Lipinski definition) is 0. The molecule has 0 amide bonds. The summed E-state index contributed by atoms with van der Waals surface area (Å²) in [5, 5.41) is 0. The van der Waals surface area contributed by atoms with Crippen molar-refractivity contribution in [1.29, 1.82) is 0 Å². The molecule has 0 aliphatic carbocycles. The predicted octanol–water partition coefficient (Wildman–Crippen LogP) is 2.83. The summed E-state index contributed by atoms with van der Waals surface area (Å²) in [7, 11) is -3.26. The molecule has 0 atom stereocenters. The molecule has 2 aromatic carbocycles. The van der Waals surface area contributed by atoms with Crippen LogP contribution in [0, 0.1) is 0 Å². The zero-order valence-corrected chi connectivity index (χ0v) is 15.9. The Morgan fingerprint density at radius 2 is 1.63 bits per heavy atom. The number of benzene rings is 2. The normalized spacial score (nSPS) is 15.5. The summed E-state index contributed by atoms with van der Waals surface area (Å²) in [6.07, 6.45) is 1.48. The van der Waals surface area contributed by atoms with E-state index in [0.717, 1.165) is 12.0 Å². The van der Waals surface area contributed by atoms with Gasteiger partial charge in [0.2, 0.25) is 10.0 Å². The van der Waals surface area contributed by atoms with Gasteiger partial charge < -0.3 is 4.74 Å². The molecule has 1 aliphatic heterocycles. The minimum absolute atomic E-state index is 0.137. The Morgan fingerprint density at radius 1 is 1.00 bits per heavy atom. The van der Waals surface area contributed by atoms with Gasteiger partial charge >= 0.3 is 5.97 Å². The third-order valence-electron chi connectivity index (χ3n) is 4.51. The van der Waals surface area contributed by atoms with Crippen LogP contribution < -0.4 is 4.31 Å². The van der Waals surface area contributed by atoms with E-state index < -0.39 is 16.0 Å². The minimum Gasteiger partial charge on any atom is -0.454 e. The molecule has 142 valence electrons. The Balaban J connectivity index is 1.60. The Kier molecular flexibility index (Phi) is 5.60. The van der Waals surface area contributed by atoms with Crippen molar-refractivity contribution in [2.45, 2.75) is 19.8 Å². The first-order valence-electron chi connectivity index (χ1n) is 8.80. The van der Waals surface area contributed by atoms with Crippen LogP contribution in [0.15, 0.2) is 48.5 Å². The van der Waals surface area contributed by atoms with E-state index in [-0.39, 0.29) is 23.7 Å². The molecule has 7 heteroatoms. The lowest BCUT2D eigenvalue weighted by atomic mass is 10.1. The molecule has 0 unspecified atom stereocenters. The zero-order valence-electron chi connectivity index (χ0n) is 15.1. The van der Waals surface area contributed by atoms with E-state index in [4.69, 9.17) is 4.74 Å². The van der Waals surface area contributed by atoms with Gasteiger partial charge in [-0.3, -0.25) is 9.10 Å². The fourth-order valence-electron chi connectivity index (χ4n) is 2.92. The molecule has 0 aromatic heterocycles. The smallest absolute Gasteiger partial charge is 0.338 e. The van der Waals surface area contributed by atoms with Crippen molar-refractivity contribution in [2.75, 3.05) is 23.2 Å². The maximum atomic E-state index is 12.1. The zero-order chi connectivity index (χ0) is 19.4. The molecule has 0 N–H and O–H groups in total. The van der Waals surface area contributed by atoms with E-state index in [1.807, 2.05) is 19.1 Å². The molecule has 1 saturated heterocycles. The van der Waals surface area contributed by atoms with Gasteiger partial charge in [-0.05, 0) is 42.7 Å². The minimum atomic E-state index is -3.26. The Labute approximate surface area is 158 Å². The van der Waals surface area contributed by atoms with E-state index in [2.05, 4.69) is 0 Å². The highest BCUT2D eigenvalue weighted by molar-refractivity contribution is 7.93. The van der Waals surface area contributed by atoms with Crippen LogP contribution in [0.25, 0.3) is 0 Å². The molecule has 3 rings (SSSR count). The summed E-state index contributed by atoms with van der Waals surface area (Å²) in [6.45, 7) is 2.13. The summed E-state index contributed by atoms with van der Waals surface area (Å²) in [6, 6.07) is 13.4. The number of nitrogens with zero attached hydrogens (tertiary/aromatic N) is 1. The molecular formula is C20H21NO5S. The molecule has 0 radical (unpaired) electrons. The van der Waals surface area contributed by atoms with E-state index in [9.17, 15) is 18.0 Å².